The Morgan fingerprint density at radius 1 is 1.03 bits per heavy atom. The molecule has 10 heteroatoms. The highest BCUT2D eigenvalue weighted by Gasteiger charge is 2.33. The van der Waals surface area contributed by atoms with E-state index in [0.717, 1.165) is 16.9 Å². The van der Waals surface area contributed by atoms with Crippen LogP contribution in [0.2, 0.25) is 5.02 Å². The Morgan fingerprint density at radius 3 is 2.49 bits per heavy atom. The van der Waals surface area contributed by atoms with Crippen molar-refractivity contribution in [2.75, 3.05) is 30.0 Å². The van der Waals surface area contributed by atoms with Crippen LogP contribution in [0, 0.1) is 6.92 Å². The van der Waals surface area contributed by atoms with Crippen LogP contribution in [0.5, 0.6) is 17.2 Å². The van der Waals surface area contributed by atoms with Crippen LogP contribution < -0.4 is 24.4 Å². The second-order valence-electron chi connectivity index (χ2n) is 8.33. The molecule has 1 saturated heterocycles. The van der Waals surface area contributed by atoms with Crippen molar-refractivity contribution < 1.29 is 23.8 Å². The van der Waals surface area contributed by atoms with Crippen molar-refractivity contribution in [3.8, 4) is 17.2 Å². The quantitative estimate of drug-likeness (QED) is 0.206. The number of carbonyl (C=O) groups is 2. The molecule has 1 N–H and O–H groups in total. The fraction of sp³-hybridized carbons (Fsp3) is 0.207. The number of carbonyl (C=O) groups excluding carboxylic acids is 2. The molecule has 0 aliphatic carbocycles. The van der Waals surface area contributed by atoms with E-state index >= 15 is 0 Å². The van der Waals surface area contributed by atoms with Crippen LogP contribution in [0.15, 0.2) is 65.6 Å². The average Bonchev–Trinajstić information content (AvgIpc) is 3.19. The molecule has 0 bridgehead atoms. The molecule has 7 nitrogen and oxygen atoms in total. The van der Waals surface area contributed by atoms with Gasteiger partial charge in [0.15, 0.2) is 22.4 Å². The fourth-order valence-electron chi connectivity index (χ4n) is 3.77. The molecule has 1 fully saturated rings. The monoisotopic (exact) mass is 582 g/mol. The van der Waals surface area contributed by atoms with E-state index in [9.17, 15) is 9.59 Å². The Kier molecular flexibility index (Phi) is 9.50. The molecule has 1 aliphatic heterocycles. The lowest BCUT2D eigenvalue weighted by Gasteiger charge is -2.15. The van der Waals surface area contributed by atoms with Gasteiger partial charge in [-0.1, -0.05) is 47.7 Å². The van der Waals surface area contributed by atoms with Crippen LogP contribution in [-0.4, -0.2) is 36.0 Å². The van der Waals surface area contributed by atoms with Crippen LogP contribution in [0.25, 0.3) is 6.08 Å². The number of nitrogens with zero attached hydrogens (tertiary/aromatic N) is 1. The lowest BCUT2D eigenvalue weighted by molar-refractivity contribution is -0.118. The first-order valence-electron chi connectivity index (χ1n) is 12.3. The van der Waals surface area contributed by atoms with E-state index in [2.05, 4.69) is 5.32 Å². The Morgan fingerprint density at radius 2 is 1.77 bits per heavy atom. The van der Waals surface area contributed by atoms with E-state index < -0.39 is 0 Å². The maximum absolute atomic E-state index is 13.2. The van der Waals surface area contributed by atoms with Crippen molar-refractivity contribution in [1.29, 1.82) is 0 Å². The molecule has 3 aromatic carbocycles. The number of rotatable bonds is 10. The zero-order valence-corrected chi connectivity index (χ0v) is 24.0. The Labute approximate surface area is 242 Å². The first kappa shape index (κ1) is 28.5. The third kappa shape index (κ3) is 6.92. The summed E-state index contributed by atoms with van der Waals surface area (Å²) in [7, 11) is 0. The van der Waals surface area contributed by atoms with Gasteiger partial charge in [0.2, 0.25) is 0 Å². The first-order chi connectivity index (χ1) is 18.8. The van der Waals surface area contributed by atoms with E-state index in [-0.39, 0.29) is 18.4 Å². The minimum absolute atomic E-state index is 0.208. The van der Waals surface area contributed by atoms with Gasteiger partial charge >= 0.3 is 0 Å². The number of amides is 2. The second kappa shape index (κ2) is 13.0. The topological polar surface area (TPSA) is 77.1 Å². The third-order valence-electron chi connectivity index (χ3n) is 5.67. The minimum Gasteiger partial charge on any atom is -0.494 e. The van der Waals surface area contributed by atoms with Crippen molar-refractivity contribution >= 4 is 69.2 Å². The van der Waals surface area contributed by atoms with Gasteiger partial charge in [0.05, 0.1) is 23.8 Å². The maximum atomic E-state index is 13.2. The Balaban J connectivity index is 1.46. The molecule has 2 amide bonds. The van der Waals surface area contributed by atoms with Gasteiger partial charge in [-0.05, 0) is 86.5 Å². The normalized spacial score (nSPS) is 14.1. The van der Waals surface area contributed by atoms with Gasteiger partial charge < -0.3 is 19.5 Å². The number of thioether (sulfide) groups is 1. The molecule has 202 valence electrons. The smallest absolute Gasteiger partial charge is 0.270 e. The SMILES string of the molecule is CCOc1ccc(N2C(=O)/C(=C/c3ccc(OCC(=O)Nc4cccc(Cl)c4C)c(OCC)c3)SC2=S)cc1. The number of nitrogens with one attached hydrogen (secondary N) is 1. The zero-order chi connectivity index (χ0) is 27.9. The van der Waals surface area contributed by atoms with Crippen molar-refractivity contribution in [3.05, 3.63) is 81.7 Å². The van der Waals surface area contributed by atoms with Crippen LogP contribution in [0.1, 0.15) is 25.0 Å². The van der Waals surface area contributed by atoms with E-state index in [4.69, 9.17) is 38.0 Å². The number of hydrogen-bond donors (Lipinski definition) is 1. The zero-order valence-electron chi connectivity index (χ0n) is 21.7. The molecule has 4 rings (SSSR count). The number of anilines is 2. The molecule has 0 saturated carbocycles. The summed E-state index contributed by atoms with van der Waals surface area (Å²) in [6.45, 7) is 6.34. The molecular weight excluding hydrogens is 556 g/mol. The molecule has 39 heavy (non-hydrogen) atoms. The summed E-state index contributed by atoms with van der Waals surface area (Å²) in [5.41, 5.74) is 2.81. The summed E-state index contributed by atoms with van der Waals surface area (Å²) in [5.74, 6) is 1.06. The second-order valence-corrected chi connectivity index (χ2v) is 10.4. The van der Waals surface area contributed by atoms with Crippen LogP contribution in [0.4, 0.5) is 11.4 Å². The van der Waals surface area contributed by atoms with Gasteiger partial charge in [0.25, 0.3) is 11.8 Å². The molecule has 3 aromatic rings. The molecule has 0 spiro atoms. The van der Waals surface area contributed by atoms with Crippen molar-refractivity contribution in [3.63, 3.8) is 0 Å². The molecule has 0 aromatic heterocycles. The highest BCUT2D eigenvalue weighted by Crippen LogP contribution is 2.38. The Bertz CT molecular complexity index is 1430. The summed E-state index contributed by atoms with van der Waals surface area (Å²) in [5, 5.41) is 3.37. The van der Waals surface area contributed by atoms with Crippen LogP contribution in [-0.2, 0) is 9.59 Å². The summed E-state index contributed by atoms with van der Waals surface area (Å²) in [4.78, 5) is 27.7. The molecule has 1 heterocycles. The predicted molar refractivity (Wildman–Crippen MR) is 161 cm³/mol. The van der Waals surface area contributed by atoms with E-state index in [1.54, 1.807) is 42.5 Å². The van der Waals surface area contributed by atoms with Gasteiger partial charge in [-0.2, -0.15) is 0 Å². The number of ether oxygens (including phenoxy) is 3. The van der Waals surface area contributed by atoms with Crippen LogP contribution in [0.3, 0.4) is 0 Å². The summed E-state index contributed by atoms with van der Waals surface area (Å²) in [6, 6.07) is 17.8. The lowest BCUT2D eigenvalue weighted by atomic mass is 10.1. The van der Waals surface area contributed by atoms with E-state index in [1.807, 2.05) is 45.0 Å². The predicted octanol–water partition coefficient (Wildman–Crippen LogP) is 6.87. The number of thiocarbonyl (C=S) groups is 1. The number of halogens is 1. The van der Waals surface area contributed by atoms with Gasteiger partial charge in [0, 0.05) is 10.7 Å². The lowest BCUT2D eigenvalue weighted by Crippen LogP contribution is -2.27. The van der Waals surface area contributed by atoms with E-state index in [1.165, 1.54) is 16.7 Å². The molecule has 0 radical (unpaired) electrons. The highest BCUT2D eigenvalue weighted by molar-refractivity contribution is 8.27. The van der Waals surface area contributed by atoms with Crippen molar-refractivity contribution in [1.82, 2.24) is 0 Å². The van der Waals surface area contributed by atoms with Crippen molar-refractivity contribution in [2.24, 2.45) is 0 Å². The summed E-state index contributed by atoms with van der Waals surface area (Å²) in [6.07, 6.45) is 1.76. The molecule has 0 unspecified atom stereocenters. The maximum Gasteiger partial charge on any atom is 0.270 e. The van der Waals surface area contributed by atoms with Gasteiger partial charge in [-0.3, -0.25) is 14.5 Å². The van der Waals surface area contributed by atoms with Crippen molar-refractivity contribution in [2.45, 2.75) is 20.8 Å². The summed E-state index contributed by atoms with van der Waals surface area (Å²) >= 11 is 12.9. The highest BCUT2D eigenvalue weighted by atomic mass is 35.5. The minimum atomic E-state index is -0.329. The number of hydrogen-bond acceptors (Lipinski definition) is 7. The van der Waals surface area contributed by atoms with E-state index in [0.29, 0.717) is 50.3 Å². The summed E-state index contributed by atoms with van der Waals surface area (Å²) < 4.78 is 17.4. The molecule has 1 aliphatic rings. The largest absolute Gasteiger partial charge is 0.494 e. The molecular formula is C29H27ClN2O5S2. The Hall–Kier alpha value is -3.53. The fourth-order valence-corrected chi connectivity index (χ4v) is 5.25. The molecule has 0 atom stereocenters. The van der Waals surface area contributed by atoms with Gasteiger partial charge in [-0.25, -0.2) is 0 Å². The first-order valence-corrected chi connectivity index (χ1v) is 13.9. The average molecular weight is 583 g/mol. The standard InChI is InChI=1S/C29H27ClN2O5S2/c1-4-35-21-12-10-20(11-13-21)32-28(34)26(39-29(32)38)16-19-9-14-24(25(15-19)36-5-2)37-17-27(33)31-23-8-6-7-22(30)18(23)3/h6-16H,4-5,17H2,1-3H3,(H,31,33)/b26-16-. The van der Waals surface area contributed by atoms with Gasteiger partial charge in [-0.15, -0.1) is 0 Å². The van der Waals surface area contributed by atoms with Crippen LogP contribution >= 0.6 is 35.6 Å². The van der Waals surface area contributed by atoms with Gasteiger partial charge in [0.1, 0.15) is 5.75 Å². The number of benzene rings is 3. The third-order valence-corrected chi connectivity index (χ3v) is 7.38.